The monoisotopic (exact) mass is 620 g/mol. The lowest BCUT2D eigenvalue weighted by atomic mass is 9.78. The minimum absolute atomic E-state index is 0.216. The summed E-state index contributed by atoms with van der Waals surface area (Å²) in [6, 6.07) is 20.2. The van der Waals surface area contributed by atoms with Crippen molar-refractivity contribution in [2.45, 2.75) is 79.2 Å². The molecule has 0 amide bonds. The van der Waals surface area contributed by atoms with E-state index in [4.69, 9.17) is 0 Å². The van der Waals surface area contributed by atoms with E-state index in [1.807, 2.05) is 84.0 Å². The van der Waals surface area contributed by atoms with Crippen molar-refractivity contribution in [3.8, 4) is 0 Å². The molecule has 45 heavy (non-hydrogen) atoms. The van der Waals surface area contributed by atoms with Crippen LogP contribution in [-0.2, 0) is 10.2 Å². The molecule has 0 bridgehead atoms. The van der Waals surface area contributed by atoms with Gasteiger partial charge in [-0.15, -0.1) is 0 Å². The quantitative estimate of drug-likeness (QED) is 0.127. The van der Waals surface area contributed by atoms with Gasteiger partial charge in [0.1, 0.15) is 6.29 Å². The van der Waals surface area contributed by atoms with Crippen LogP contribution in [0.25, 0.3) is 0 Å². The van der Waals surface area contributed by atoms with E-state index in [0.29, 0.717) is 22.0 Å². The average Bonchev–Trinajstić information content (AvgIpc) is 3.00. The van der Waals surface area contributed by atoms with Gasteiger partial charge in [-0.05, 0) is 88.3 Å². The number of hydrogen-bond acceptors (Lipinski definition) is 5. The van der Waals surface area contributed by atoms with Gasteiger partial charge in [0.2, 0.25) is 0 Å². The topological polar surface area (TPSA) is 88.5 Å². The predicted octanol–water partition coefficient (Wildman–Crippen LogP) is 8.57. The number of aldehydes is 1. The van der Waals surface area contributed by atoms with E-state index in [1.165, 1.54) is 6.42 Å². The lowest BCUT2D eigenvalue weighted by Crippen LogP contribution is -2.29. The maximum Gasteiger partial charge on any atom is 0.195 e. The molecule has 232 valence electrons. The molecule has 1 aliphatic rings. The molecule has 0 atom stereocenters. The number of benzene rings is 4. The van der Waals surface area contributed by atoms with Gasteiger partial charge in [0.05, 0.1) is 10.9 Å². The fourth-order valence-electron chi connectivity index (χ4n) is 6.81. The molecule has 0 spiro atoms. The van der Waals surface area contributed by atoms with Crippen molar-refractivity contribution < 1.29 is 24.1 Å². The third kappa shape index (κ3) is 7.27. The highest BCUT2D eigenvalue weighted by Gasteiger charge is 2.32. The lowest BCUT2D eigenvalue weighted by Gasteiger charge is -2.33. The predicted molar refractivity (Wildman–Crippen MR) is 181 cm³/mol. The Labute approximate surface area is 267 Å². The van der Waals surface area contributed by atoms with Gasteiger partial charge in [0.25, 0.3) is 0 Å². The Kier molecular flexibility index (Phi) is 10.8. The number of hydrogen-bond donors (Lipinski definition) is 1. The highest BCUT2D eigenvalue weighted by Crippen LogP contribution is 2.38. The molecule has 4 aromatic rings. The molecule has 0 saturated heterocycles. The molecule has 1 fully saturated rings. The minimum Gasteiger partial charge on any atom is -0.385 e. The van der Waals surface area contributed by atoms with Crippen LogP contribution in [0.5, 0.6) is 0 Å². The first-order chi connectivity index (χ1) is 21.4. The Morgan fingerprint density at radius 3 is 1.71 bits per heavy atom. The Morgan fingerprint density at radius 2 is 1.20 bits per heavy atom. The van der Waals surface area contributed by atoms with E-state index < -0.39 is 5.60 Å². The number of rotatable bonds is 7. The van der Waals surface area contributed by atoms with Crippen molar-refractivity contribution in [1.82, 2.24) is 0 Å². The zero-order valence-corrected chi connectivity index (χ0v) is 27.9. The fraction of sp³-hybridized carbons (Fsp3) is 0.308. The molecule has 6 heteroatoms. The summed E-state index contributed by atoms with van der Waals surface area (Å²) in [5.74, 6) is -0.490. The summed E-state index contributed by atoms with van der Waals surface area (Å²) >= 11 is 0. The minimum atomic E-state index is -0.768. The van der Waals surface area contributed by atoms with Crippen LogP contribution in [0.2, 0.25) is 0 Å². The lowest BCUT2D eigenvalue weighted by molar-refractivity contribution is -0.00114. The molecule has 0 radical (unpaired) electrons. The SMILES string of the molecule is Cc1cc(C)c(C(=O)c2cccc(P=O)c2C(=O)c2c(C)cc(C)cc2C)c(C)c1.O=Cc1ccccc1C1(O)CCCCC1. The van der Waals surface area contributed by atoms with Gasteiger partial charge in [-0.25, -0.2) is 0 Å². The molecule has 5 rings (SSSR count). The van der Waals surface area contributed by atoms with Crippen LogP contribution in [0.4, 0.5) is 0 Å². The van der Waals surface area contributed by atoms with Gasteiger partial charge >= 0.3 is 0 Å². The van der Waals surface area contributed by atoms with Gasteiger partial charge in [0.15, 0.2) is 20.0 Å². The molecule has 0 heterocycles. The first-order valence-electron chi connectivity index (χ1n) is 15.4. The van der Waals surface area contributed by atoms with Crippen molar-refractivity contribution in [3.05, 3.63) is 133 Å². The molecule has 1 N–H and O–H groups in total. The van der Waals surface area contributed by atoms with Gasteiger partial charge in [-0.2, -0.15) is 0 Å². The first-order valence-corrected chi connectivity index (χ1v) is 16.2. The molecule has 0 aliphatic heterocycles. The number of ketones is 2. The van der Waals surface area contributed by atoms with Crippen molar-refractivity contribution >= 4 is 31.6 Å². The summed E-state index contributed by atoms with van der Waals surface area (Å²) in [5.41, 5.74) is 7.88. The molecule has 1 saturated carbocycles. The number of aliphatic hydroxyl groups is 1. The zero-order chi connectivity index (χ0) is 32.9. The van der Waals surface area contributed by atoms with Crippen LogP contribution in [-0.4, -0.2) is 23.0 Å². The Balaban J connectivity index is 0.000000256. The molecule has 1 aliphatic carbocycles. The summed E-state index contributed by atoms with van der Waals surface area (Å²) in [5, 5.41) is 10.8. The maximum atomic E-state index is 13.7. The number of carbonyl (C=O) groups excluding carboxylic acids is 3. The highest BCUT2D eigenvalue weighted by molar-refractivity contribution is 7.34. The second-order valence-electron chi connectivity index (χ2n) is 12.3. The Morgan fingerprint density at radius 1 is 0.689 bits per heavy atom. The van der Waals surface area contributed by atoms with Gasteiger partial charge in [-0.3, -0.25) is 18.9 Å². The van der Waals surface area contributed by atoms with Crippen LogP contribution in [0, 0.1) is 41.5 Å². The van der Waals surface area contributed by atoms with Crippen molar-refractivity contribution in [3.63, 3.8) is 0 Å². The third-order valence-corrected chi connectivity index (χ3v) is 9.26. The van der Waals surface area contributed by atoms with Gasteiger partial charge in [0, 0.05) is 27.8 Å². The molecule has 0 unspecified atom stereocenters. The fourth-order valence-corrected chi connectivity index (χ4v) is 7.27. The van der Waals surface area contributed by atoms with Crippen LogP contribution in [0.3, 0.4) is 0 Å². The van der Waals surface area contributed by atoms with E-state index in [1.54, 1.807) is 24.3 Å². The van der Waals surface area contributed by atoms with Gasteiger partial charge < -0.3 is 5.11 Å². The Hall–Kier alpha value is -4.05. The van der Waals surface area contributed by atoms with Crippen LogP contribution in [0.1, 0.15) is 113 Å². The summed E-state index contributed by atoms with van der Waals surface area (Å²) in [6.07, 6.45) is 5.66. The van der Waals surface area contributed by atoms with Crippen molar-refractivity contribution in [2.75, 3.05) is 0 Å². The van der Waals surface area contributed by atoms with Crippen LogP contribution in [0.15, 0.2) is 66.7 Å². The molecule has 0 aromatic heterocycles. The second-order valence-corrected chi connectivity index (χ2v) is 13.0. The summed E-state index contributed by atoms with van der Waals surface area (Å²) in [4.78, 5) is 38.2. The van der Waals surface area contributed by atoms with Crippen LogP contribution >= 0.6 is 8.46 Å². The normalized spacial score (nSPS) is 13.9. The van der Waals surface area contributed by atoms with E-state index in [2.05, 4.69) is 0 Å². The van der Waals surface area contributed by atoms with Crippen LogP contribution < -0.4 is 5.30 Å². The Bertz CT molecular complexity index is 1730. The van der Waals surface area contributed by atoms with E-state index >= 15 is 0 Å². The van der Waals surface area contributed by atoms with Crippen molar-refractivity contribution in [1.29, 1.82) is 0 Å². The maximum absolute atomic E-state index is 13.7. The first kappa shape index (κ1) is 33.8. The largest absolute Gasteiger partial charge is 0.385 e. The molecule has 4 aromatic carbocycles. The van der Waals surface area contributed by atoms with Crippen molar-refractivity contribution in [2.24, 2.45) is 0 Å². The molecule has 5 nitrogen and oxygen atoms in total. The molecular weight excluding hydrogens is 579 g/mol. The van der Waals surface area contributed by atoms with Gasteiger partial charge in [-0.1, -0.05) is 91.1 Å². The summed E-state index contributed by atoms with van der Waals surface area (Å²) in [6.45, 7) is 11.6. The highest BCUT2D eigenvalue weighted by atomic mass is 31.1. The number of carbonyl (C=O) groups is 3. The summed E-state index contributed by atoms with van der Waals surface area (Å²) in [7, 11) is -0.289. The molecular formula is C39H41O5P. The smallest absolute Gasteiger partial charge is 0.195 e. The second kappa shape index (κ2) is 14.4. The van der Waals surface area contributed by atoms with E-state index in [-0.39, 0.29) is 31.2 Å². The third-order valence-electron chi connectivity index (χ3n) is 8.69. The van der Waals surface area contributed by atoms with E-state index in [0.717, 1.165) is 70.9 Å². The standard InChI is InChI=1S/C26H25O3P.C13H16O2/c1-14-10-16(3)22(17(4)11-14)25(27)20-8-7-9-21(30-29)24(20)26(28)23-18(5)12-15(2)13-19(23)6;14-10-11-6-2-3-7-12(11)13(15)8-4-1-5-9-13/h7-13H,1-6H3;2-3,6-7,10,15H,1,4-5,8-9H2. The zero-order valence-electron chi connectivity index (χ0n) is 27.0. The summed E-state index contributed by atoms with van der Waals surface area (Å²) < 4.78 is 11.9. The average molecular weight is 621 g/mol. The van der Waals surface area contributed by atoms with E-state index in [9.17, 15) is 24.1 Å². The number of aryl methyl sites for hydroxylation is 6.